The lowest BCUT2D eigenvalue weighted by Crippen LogP contribution is -2.46. The Labute approximate surface area is 109 Å². The largest absolute Gasteiger partial charge is 0.444 e. The summed E-state index contributed by atoms with van der Waals surface area (Å²) < 4.78 is 5.19. The first-order chi connectivity index (χ1) is 8.33. The second-order valence-electron chi connectivity index (χ2n) is 6.02. The molecule has 1 atom stereocenters. The van der Waals surface area contributed by atoms with Crippen molar-refractivity contribution in [1.82, 2.24) is 5.32 Å². The van der Waals surface area contributed by atoms with Gasteiger partial charge in [0.2, 0.25) is 0 Å². The zero-order valence-corrected chi connectivity index (χ0v) is 11.9. The Hall–Kier alpha value is -1.06. The van der Waals surface area contributed by atoms with Gasteiger partial charge in [0, 0.05) is 5.92 Å². The van der Waals surface area contributed by atoms with E-state index in [4.69, 9.17) is 4.74 Å². The average molecular weight is 255 g/mol. The smallest absolute Gasteiger partial charge is 0.408 e. The Kier molecular flexibility index (Phi) is 5.17. The molecule has 0 spiro atoms. The minimum absolute atomic E-state index is 0.150. The quantitative estimate of drug-likeness (QED) is 0.821. The van der Waals surface area contributed by atoms with Gasteiger partial charge in [0.05, 0.1) is 6.04 Å². The molecular formula is C14H25NO3. The van der Waals surface area contributed by atoms with Crippen LogP contribution in [0.25, 0.3) is 0 Å². The molecule has 4 heteroatoms. The standard InChI is InChI=1S/C14H25NO3/c1-5-7-11(12(16)10-8-6-9-10)15-13(17)18-14(2,3)4/h10-11H,5-9H2,1-4H3,(H,15,17)/t11-/m1/s1. The van der Waals surface area contributed by atoms with Crippen molar-refractivity contribution in [3.8, 4) is 0 Å². The van der Waals surface area contributed by atoms with Crippen molar-refractivity contribution < 1.29 is 14.3 Å². The summed E-state index contributed by atoms with van der Waals surface area (Å²) in [6, 6.07) is -0.379. The first-order valence-electron chi connectivity index (χ1n) is 6.86. The predicted octanol–water partition coefficient (Wildman–Crippen LogP) is 3.05. The highest BCUT2D eigenvalue weighted by atomic mass is 16.6. The van der Waals surface area contributed by atoms with Crippen LogP contribution in [0, 0.1) is 5.92 Å². The molecular weight excluding hydrogens is 230 g/mol. The number of rotatable bonds is 5. The Morgan fingerprint density at radius 3 is 2.33 bits per heavy atom. The van der Waals surface area contributed by atoms with Gasteiger partial charge in [0.25, 0.3) is 0 Å². The number of alkyl carbamates (subject to hydrolysis) is 1. The molecule has 1 saturated carbocycles. The van der Waals surface area contributed by atoms with E-state index in [0.29, 0.717) is 6.42 Å². The lowest BCUT2D eigenvalue weighted by atomic mass is 9.79. The Morgan fingerprint density at radius 1 is 1.33 bits per heavy atom. The highest BCUT2D eigenvalue weighted by Crippen LogP contribution is 2.28. The summed E-state index contributed by atoms with van der Waals surface area (Å²) in [7, 11) is 0. The number of ether oxygens (including phenoxy) is 1. The molecule has 1 fully saturated rings. The number of hydrogen-bond acceptors (Lipinski definition) is 3. The number of amides is 1. The van der Waals surface area contributed by atoms with E-state index in [0.717, 1.165) is 25.7 Å². The van der Waals surface area contributed by atoms with E-state index in [9.17, 15) is 9.59 Å². The number of hydrogen-bond donors (Lipinski definition) is 1. The number of carbonyl (C=O) groups is 2. The van der Waals surface area contributed by atoms with Crippen molar-refractivity contribution in [1.29, 1.82) is 0 Å². The summed E-state index contributed by atoms with van der Waals surface area (Å²) in [5, 5.41) is 2.71. The molecule has 0 aromatic carbocycles. The minimum Gasteiger partial charge on any atom is -0.444 e. The van der Waals surface area contributed by atoms with Crippen molar-refractivity contribution in [2.45, 2.75) is 71.4 Å². The van der Waals surface area contributed by atoms with Crippen LogP contribution >= 0.6 is 0 Å². The van der Waals surface area contributed by atoms with Crippen LogP contribution in [-0.2, 0) is 9.53 Å². The Morgan fingerprint density at radius 2 is 1.94 bits per heavy atom. The lowest BCUT2D eigenvalue weighted by molar-refractivity contribution is -0.127. The summed E-state index contributed by atoms with van der Waals surface area (Å²) in [5.41, 5.74) is -0.527. The van der Waals surface area contributed by atoms with Crippen LogP contribution in [0.5, 0.6) is 0 Å². The van der Waals surface area contributed by atoms with Crippen LogP contribution < -0.4 is 5.32 Å². The van der Waals surface area contributed by atoms with Crippen molar-refractivity contribution in [3.63, 3.8) is 0 Å². The highest BCUT2D eigenvalue weighted by molar-refractivity contribution is 5.89. The van der Waals surface area contributed by atoms with Gasteiger partial charge >= 0.3 is 6.09 Å². The number of ketones is 1. The van der Waals surface area contributed by atoms with Gasteiger partial charge in [0.15, 0.2) is 5.78 Å². The average Bonchev–Trinajstić information content (AvgIpc) is 2.11. The van der Waals surface area contributed by atoms with Crippen LogP contribution in [0.2, 0.25) is 0 Å². The maximum Gasteiger partial charge on any atom is 0.408 e. The lowest BCUT2D eigenvalue weighted by Gasteiger charge is -2.29. The summed E-state index contributed by atoms with van der Waals surface area (Å²) >= 11 is 0. The van der Waals surface area contributed by atoms with Crippen molar-refractivity contribution >= 4 is 11.9 Å². The van der Waals surface area contributed by atoms with Crippen LogP contribution in [0.4, 0.5) is 4.79 Å². The number of carbonyl (C=O) groups excluding carboxylic acids is 2. The molecule has 1 aliphatic carbocycles. The fourth-order valence-electron chi connectivity index (χ4n) is 2.00. The van der Waals surface area contributed by atoms with E-state index in [2.05, 4.69) is 5.32 Å². The monoisotopic (exact) mass is 255 g/mol. The summed E-state index contributed by atoms with van der Waals surface area (Å²) in [5.74, 6) is 0.324. The molecule has 1 N–H and O–H groups in total. The molecule has 1 rings (SSSR count). The molecule has 0 radical (unpaired) electrons. The molecule has 0 heterocycles. The maximum absolute atomic E-state index is 12.1. The predicted molar refractivity (Wildman–Crippen MR) is 70.4 cm³/mol. The van der Waals surface area contributed by atoms with Crippen LogP contribution in [0.3, 0.4) is 0 Å². The maximum atomic E-state index is 12.1. The van der Waals surface area contributed by atoms with E-state index < -0.39 is 11.7 Å². The molecule has 0 aliphatic heterocycles. The third-order valence-electron chi connectivity index (χ3n) is 3.12. The van der Waals surface area contributed by atoms with Gasteiger partial charge in [0.1, 0.15) is 5.60 Å². The summed E-state index contributed by atoms with van der Waals surface area (Å²) in [6.45, 7) is 7.46. The van der Waals surface area contributed by atoms with Crippen molar-refractivity contribution in [2.24, 2.45) is 5.92 Å². The van der Waals surface area contributed by atoms with E-state index in [-0.39, 0.29) is 17.7 Å². The van der Waals surface area contributed by atoms with Crippen LogP contribution in [-0.4, -0.2) is 23.5 Å². The molecule has 0 aromatic heterocycles. The van der Waals surface area contributed by atoms with Crippen LogP contribution in [0.15, 0.2) is 0 Å². The molecule has 18 heavy (non-hydrogen) atoms. The first-order valence-corrected chi connectivity index (χ1v) is 6.86. The SMILES string of the molecule is CCC[C@@H](NC(=O)OC(C)(C)C)C(=O)C1CCC1. The Bertz CT molecular complexity index is 303. The van der Waals surface area contributed by atoms with Gasteiger partial charge in [-0.25, -0.2) is 4.79 Å². The van der Waals surface area contributed by atoms with E-state index in [1.165, 1.54) is 0 Å². The minimum atomic E-state index is -0.527. The number of nitrogens with one attached hydrogen (secondary N) is 1. The molecule has 1 aliphatic rings. The Balaban J connectivity index is 2.51. The molecule has 0 unspecified atom stereocenters. The zero-order valence-electron chi connectivity index (χ0n) is 11.9. The third-order valence-corrected chi connectivity index (χ3v) is 3.12. The second kappa shape index (κ2) is 6.21. The summed E-state index contributed by atoms with van der Waals surface area (Å²) in [4.78, 5) is 23.8. The molecule has 1 amide bonds. The van der Waals surface area contributed by atoms with E-state index in [1.54, 1.807) is 0 Å². The normalized spacial score (nSPS) is 17.8. The van der Waals surface area contributed by atoms with Gasteiger partial charge in [-0.3, -0.25) is 4.79 Å². The molecule has 104 valence electrons. The fourth-order valence-corrected chi connectivity index (χ4v) is 2.00. The molecule has 0 saturated heterocycles. The van der Waals surface area contributed by atoms with Crippen molar-refractivity contribution in [2.75, 3.05) is 0 Å². The molecule has 0 aromatic rings. The van der Waals surface area contributed by atoms with Crippen molar-refractivity contribution in [3.05, 3.63) is 0 Å². The van der Waals surface area contributed by atoms with Gasteiger partial charge in [-0.15, -0.1) is 0 Å². The second-order valence-corrected chi connectivity index (χ2v) is 6.02. The van der Waals surface area contributed by atoms with Gasteiger partial charge in [-0.05, 0) is 40.0 Å². The van der Waals surface area contributed by atoms with Gasteiger partial charge in [-0.1, -0.05) is 19.8 Å². The van der Waals surface area contributed by atoms with Gasteiger partial charge in [-0.2, -0.15) is 0 Å². The molecule has 0 bridgehead atoms. The van der Waals surface area contributed by atoms with Crippen LogP contribution in [0.1, 0.15) is 59.8 Å². The highest BCUT2D eigenvalue weighted by Gasteiger charge is 2.32. The topological polar surface area (TPSA) is 55.4 Å². The number of Topliss-reactive ketones (excluding diaryl/α,β-unsaturated/α-hetero) is 1. The summed E-state index contributed by atoms with van der Waals surface area (Å²) in [6.07, 6.45) is 4.13. The van der Waals surface area contributed by atoms with E-state index in [1.807, 2.05) is 27.7 Å². The van der Waals surface area contributed by atoms with E-state index >= 15 is 0 Å². The first kappa shape index (κ1) is 15.0. The third kappa shape index (κ3) is 4.67. The van der Waals surface area contributed by atoms with Gasteiger partial charge < -0.3 is 10.1 Å². The zero-order chi connectivity index (χ0) is 13.8. The fraction of sp³-hybridized carbons (Fsp3) is 0.857. The molecule has 4 nitrogen and oxygen atoms in total.